The molecule has 2 fully saturated rings. The molecule has 1 heterocycles. The molecule has 1 saturated heterocycles. The van der Waals surface area contributed by atoms with E-state index in [0.29, 0.717) is 17.9 Å². The minimum atomic E-state index is -0.0834. The molecule has 0 N–H and O–H groups in total. The van der Waals surface area contributed by atoms with Crippen LogP contribution in [0.25, 0.3) is 10.8 Å². The lowest BCUT2D eigenvalue weighted by Crippen LogP contribution is -2.48. The fourth-order valence-corrected chi connectivity index (χ4v) is 5.66. The Kier molecular flexibility index (Phi) is 3.56. The van der Waals surface area contributed by atoms with Crippen LogP contribution in [0.15, 0.2) is 42.5 Å². The summed E-state index contributed by atoms with van der Waals surface area (Å²) in [4.78, 5) is 6.22. The molecular formula is C22H29NO. The minimum Gasteiger partial charge on any atom is -0.293 e. The highest BCUT2D eigenvalue weighted by atomic mass is 16.7. The Morgan fingerprint density at radius 3 is 2.50 bits per heavy atom. The molecule has 1 aliphatic heterocycles. The van der Waals surface area contributed by atoms with Crippen molar-refractivity contribution in [1.82, 2.24) is 5.06 Å². The van der Waals surface area contributed by atoms with Gasteiger partial charge in [-0.3, -0.25) is 4.84 Å². The van der Waals surface area contributed by atoms with E-state index in [0.717, 1.165) is 0 Å². The molecule has 2 heteroatoms. The molecule has 4 atom stereocenters. The quantitative estimate of drug-likeness (QED) is 0.718. The second-order valence-corrected chi connectivity index (χ2v) is 8.81. The molecule has 0 bridgehead atoms. The van der Waals surface area contributed by atoms with E-state index in [2.05, 4.69) is 82.3 Å². The third-order valence-electron chi connectivity index (χ3n) is 6.57. The van der Waals surface area contributed by atoms with Crippen LogP contribution >= 0.6 is 0 Å². The Bertz CT molecular complexity index is 762. The van der Waals surface area contributed by atoms with Crippen molar-refractivity contribution in [3.8, 4) is 0 Å². The van der Waals surface area contributed by atoms with Crippen LogP contribution < -0.4 is 0 Å². The van der Waals surface area contributed by atoms with E-state index in [-0.39, 0.29) is 11.0 Å². The first kappa shape index (κ1) is 16.1. The van der Waals surface area contributed by atoms with Crippen molar-refractivity contribution >= 4 is 10.8 Å². The van der Waals surface area contributed by atoms with Gasteiger partial charge in [0.1, 0.15) is 0 Å². The van der Waals surface area contributed by atoms with Gasteiger partial charge in [-0.1, -0.05) is 56.3 Å². The van der Waals surface area contributed by atoms with Crippen LogP contribution in [0.5, 0.6) is 0 Å². The first-order valence-electron chi connectivity index (χ1n) is 9.22. The van der Waals surface area contributed by atoms with E-state index in [9.17, 15) is 0 Å². The Balaban J connectivity index is 1.80. The second-order valence-electron chi connectivity index (χ2n) is 8.81. The summed E-state index contributed by atoms with van der Waals surface area (Å²) in [6.45, 7) is 9.39. The normalized spacial score (nSPS) is 36.0. The first-order valence-corrected chi connectivity index (χ1v) is 9.22. The van der Waals surface area contributed by atoms with Crippen LogP contribution in [0, 0.1) is 11.8 Å². The summed E-state index contributed by atoms with van der Waals surface area (Å²) in [7, 11) is 2.11. The molecule has 2 aliphatic rings. The standard InChI is InChI=1S/C22H29NO/c1-15-13-22(4,14-19-20(15)23(5)24-21(19,2)3)18-12-8-10-16-9-6-7-11-17(16)18/h6-12,15,19-20H,13-14H2,1-5H3. The maximum atomic E-state index is 6.22. The molecule has 24 heavy (non-hydrogen) atoms. The van der Waals surface area contributed by atoms with Crippen LogP contribution in [0.1, 0.15) is 46.1 Å². The Labute approximate surface area is 145 Å². The Morgan fingerprint density at radius 1 is 1.00 bits per heavy atom. The zero-order valence-electron chi connectivity index (χ0n) is 15.5. The van der Waals surface area contributed by atoms with Crippen molar-refractivity contribution < 1.29 is 4.84 Å². The Morgan fingerprint density at radius 2 is 1.71 bits per heavy atom. The number of hydrogen-bond donors (Lipinski definition) is 0. The molecule has 4 unspecified atom stereocenters. The number of nitrogens with zero attached hydrogens (tertiary/aromatic N) is 1. The van der Waals surface area contributed by atoms with Gasteiger partial charge in [-0.15, -0.1) is 0 Å². The predicted octanol–water partition coefficient (Wildman–Crippen LogP) is 5.17. The Hall–Kier alpha value is -1.38. The first-order chi connectivity index (χ1) is 11.3. The molecule has 0 aromatic heterocycles. The fourth-order valence-electron chi connectivity index (χ4n) is 5.66. The summed E-state index contributed by atoms with van der Waals surface area (Å²) in [5.74, 6) is 1.19. The average Bonchev–Trinajstić information content (AvgIpc) is 2.75. The van der Waals surface area contributed by atoms with Crippen LogP contribution in [0.2, 0.25) is 0 Å². The molecule has 128 valence electrons. The maximum Gasteiger partial charge on any atom is 0.0887 e. The number of hydrogen-bond acceptors (Lipinski definition) is 2. The van der Waals surface area contributed by atoms with Crippen molar-refractivity contribution in [2.75, 3.05) is 7.05 Å². The van der Waals surface area contributed by atoms with Gasteiger partial charge in [0, 0.05) is 19.0 Å². The molecule has 2 nitrogen and oxygen atoms in total. The topological polar surface area (TPSA) is 12.5 Å². The average molecular weight is 323 g/mol. The minimum absolute atomic E-state index is 0.0834. The number of benzene rings is 2. The van der Waals surface area contributed by atoms with Gasteiger partial charge >= 0.3 is 0 Å². The SMILES string of the molecule is CC1CC(C)(c2cccc3ccccc23)CC2C1N(C)OC2(C)C. The van der Waals surface area contributed by atoms with E-state index >= 15 is 0 Å². The summed E-state index contributed by atoms with van der Waals surface area (Å²) in [6.07, 6.45) is 2.40. The molecule has 1 aliphatic carbocycles. The second kappa shape index (κ2) is 5.31. The number of hydroxylamine groups is 2. The van der Waals surface area contributed by atoms with Gasteiger partial charge in [0.2, 0.25) is 0 Å². The molecule has 1 saturated carbocycles. The molecule has 0 radical (unpaired) electrons. The smallest absolute Gasteiger partial charge is 0.0887 e. The van der Waals surface area contributed by atoms with Gasteiger partial charge in [-0.05, 0) is 54.4 Å². The third kappa shape index (κ3) is 2.31. The van der Waals surface area contributed by atoms with Crippen LogP contribution in [0.4, 0.5) is 0 Å². The predicted molar refractivity (Wildman–Crippen MR) is 99.9 cm³/mol. The van der Waals surface area contributed by atoms with Crippen LogP contribution in [-0.2, 0) is 10.3 Å². The molecular weight excluding hydrogens is 294 g/mol. The van der Waals surface area contributed by atoms with Crippen LogP contribution in [-0.4, -0.2) is 23.8 Å². The zero-order chi connectivity index (χ0) is 17.1. The van der Waals surface area contributed by atoms with Gasteiger partial charge in [-0.25, -0.2) is 0 Å². The lowest BCUT2D eigenvalue weighted by molar-refractivity contribution is -0.182. The van der Waals surface area contributed by atoms with Crippen molar-refractivity contribution in [3.05, 3.63) is 48.0 Å². The highest BCUT2D eigenvalue weighted by molar-refractivity contribution is 5.86. The molecule has 2 aromatic carbocycles. The van der Waals surface area contributed by atoms with E-state index in [4.69, 9.17) is 4.84 Å². The lowest BCUT2D eigenvalue weighted by atomic mass is 9.58. The summed E-state index contributed by atoms with van der Waals surface area (Å²) >= 11 is 0. The number of fused-ring (bicyclic) bond motifs is 2. The van der Waals surface area contributed by atoms with E-state index in [1.165, 1.54) is 29.2 Å². The van der Waals surface area contributed by atoms with Gasteiger partial charge < -0.3 is 0 Å². The van der Waals surface area contributed by atoms with Gasteiger partial charge in [0.05, 0.1) is 5.60 Å². The summed E-state index contributed by atoms with van der Waals surface area (Å²) in [5, 5.41) is 4.90. The monoisotopic (exact) mass is 323 g/mol. The van der Waals surface area contributed by atoms with Gasteiger partial charge in [0.25, 0.3) is 0 Å². The molecule has 0 amide bonds. The highest BCUT2D eigenvalue weighted by Gasteiger charge is 2.55. The number of rotatable bonds is 1. The molecule has 2 aromatic rings. The summed E-state index contributed by atoms with van der Waals surface area (Å²) in [5.41, 5.74) is 1.63. The largest absolute Gasteiger partial charge is 0.293 e. The van der Waals surface area contributed by atoms with Gasteiger partial charge in [0.15, 0.2) is 0 Å². The molecule has 0 spiro atoms. The van der Waals surface area contributed by atoms with Crippen molar-refractivity contribution in [2.45, 2.75) is 57.6 Å². The zero-order valence-corrected chi connectivity index (χ0v) is 15.5. The van der Waals surface area contributed by atoms with E-state index < -0.39 is 0 Å². The van der Waals surface area contributed by atoms with Crippen molar-refractivity contribution in [3.63, 3.8) is 0 Å². The maximum absolute atomic E-state index is 6.22. The van der Waals surface area contributed by atoms with E-state index in [1.54, 1.807) is 0 Å². The summed E-state index contributed by atoms with van der Waals surface area (Å²) < 4.78 is 0. The summed E-state index contributed by atoms with van der Waals surface area (Å²) in [6, 6.07) is 16.2. The van der Waals surface area contributed by atoms with Crippen LogP contribution in [0.3, 0.4) is 0 Å². The van der Waals surface area contributed by atoms with Crippen molar-refractivity contribution in [2.24, 2.45) is 11.8 Å². The van der Waals surface area contributed by atoms with Crippen molar-refractivity contribution in [1.29, 1.82) is 0 Å². The lowest BCUT2D eigenvalue weighted by Gasteiger charge is -2.46. The fraction of sp³-hybridized carbons (Fsp3) is 0.545. The van der Waals surface area contributed by atoms with Gasteiger partial charge in [-0.2, -0.15) is 5.06 Å². The van der Waals surface area contributed by atoms with E-state index in [1.807, 2.05) is 0 Å². The highest BCUT2D eigenvalue weighted by Crippen LogP contribution is 2.53. The molecule has 4 rings (SSSR count). The third-order valence-corrected chi connectivity index (χ3v) is 6.57.